The van der Waals surface area contributed by atoms with Crippen molar-refractivity contribution in [3.8, 4) is 11.5 Å². The Kier molecular flexibility index (Phi) is 2.15. The number of aldehydes is 1. The molecule has 0 atom stereocenters. The van der Waals surface area contributed by atoms with E-state index in [9.17, 15) is 9.90 Å². The summed E-state index contributed by atoms with van der Waals surface area (Å²) in [4.78, 5) is 10.7. The molecule has 0 aliphatic carbocycles. The first-order valence-corrected chi connectivity index (χ1v) is 4.93. The molecule has 0 spiro atoms. The van der Waals surface area contributed by atoms with Gasteiger partial charge in [-0.05, 0) is 32.1 Å². The van der Waals surface area contributed by atoms with Gasteiger partial charge in [0.15, 0.2) is 12.0 Å². The SMILES string of the molecule is CC1(C)C=Cc2c(O)c(C=O)cc(N)c2O1. The Morgan fingerprint density at radius 1 is 1.50 bits per heavy atom. The number of nitrogen functional groups attached to an aromatic ring is 1. The lowest BCUT2D eigenvalue weighted by atomic mass is 9.99. The van der Waals surface area contributed by atoms with Gasteiger partial charge in [0, 0.05) is 0 Å². The Morgan fingerprint density at radius 3 is 2.81 bits per heavy atom. The quantitative estimate of drug-likeness (QED) is 0.430. The number of hydrogen-bond donors (Lipinski definition) is 2. The van der Waals surface area contributed by atoms with Crippen molar-refractivity contribution >= 4 is 18.0 Å². The monoisotopic (exact) mass is 219 g/mol. The first kappa shape index (κ1) is 10.5. The van der Waals surface area contributed by atoms with Crippen LogP contribution in [0.2, 0.25) is 0 Å². The fourth-order valence-electron chi connectivity index (χ4n) is 1.66. The van der Waals surface area contributed by atoms with E-state index in [2.05, 4.69) is 0 Å². The van der Waals surface area contributed by atoms with Crippen LogP contribution in [-0.2, 0) is 0 Å². The highest BCUT2D eigenvalue weighted by molar-refractivity contribution is 5.88. The van der Waals surface area contributed by atoms with Crippen LogP contribution in [0, 0.1) is 0 Å². The molecular formula is C12H13NO3. The van der Waals surface area contributed by atoms with E-state index in [1.165, 1.54) is 6.07 Å². The maximum absolute atomic E-state index is 10.7. The predicted octanol–water partition coefficient (Wildman–Crippen LogP) is 1.97. The summed E-state index contributed by atoms with van der Waals surface area (Å²) in [6.45, 7) is 3.77. The van der Waals surface area contributed by atoms with Gasteiger partial charge in [0.25, 0.3) is 0 Å². The van der Waals surface area contributed by atoms with Gasteiger partial charge < -0.3 is 15.6 Å². The van der Waals surface area contributed by atoms with Crippen LogP contribution in [0.15, 0.2) is 12.1 Å². The zero-order chi connectivity index (χ0) is 11.9. The molecule has 16 heavy (non-hydrogen) atoms. The topological polar surface area (TPSA) is 72.5 Å². The number of carbonyl (C=O) groups excluding carboxylic acids is 1. The number of ether oxygens (including phenoxy) is 1. The Morgan fingerprint density at radius 2 is 2.19 bits per heavy atom. The second kappa shape index (κ2) is 3.27. The third-order valence-corrected chi connectivity index (χ3v) is 2.49. The minimum atomic E-state index is -0.462. The minimum Gasteiger partial charge on any atom is -0.506 e. The number of aromatic hydroxyl groups is 1. The Balaban J connectivity index is 2.67. The maximum Gasteiger partial charge on any atom is 0.154 e. The minimum absolute atomic E-state index is 0.0917. The lowest BCUT2D eigenvalue weighted by Gasteiger charge is -2.29. The first-order chi connectivity index (χ1) is 7.44. The Hall–Kier alpha value is -1.97. The van der Waals surface area contributed by atoms with Crippen molar-refractivity contribution in [3.05, 3.63) is 23.3 Å². The molecule has 0 saturated carbocycles. The van der Waals surface area contributed by atoms with Crippen LogP contribution in [0.1, 0.15) is 29.8 Å². The van der Waals surface area contributed by atoms with Gasteiger partial charge in [-0.2, -0.15) is 0 Å². The molecule has 0 unspecified atom stereocenters. The van der Waals surface area contributed by atoms with E-state index in [4.69, 9.17) is 10.5 Å². The molecule has 1 aliphatic rings. The average molecular weight is 219 g/mol. The van der Waals surface area contributed by atoms with E-state index >= 15 is 0 Å². The van der Waals surface area contributed by atoms with Gasteiger partial charge >= 0.3 is 0 Å². The molecule has 1 aliphatic heterocycles. The zero-order valence-electron chi connectivity index (χ0n) is 9.15. The molecule has 0 radical (unpaired) electrons. The van der Waals surface area contributed by atoms with Crippen molar-refractivity contribution < 1.29 is 14.6 Å². The molecule has 4 heteroatoms. The summed E-state index contributed by atoms with van der Waals surface area (Å²) in [5.41, 5.74) is 6.30. The highest BCUT2D eigenvalue weighted by Gasteiger charge is 2.26. The van der Waals surface area contributed by atoms with Crippen LogP contribution in [0.5, 0.6) is 11.5 Å². The Bertz CT molecular complexity index is 490. The van der Waals surface area contributed by atoms with Crippen molar-refractivity contribution in [3.63, 3.8) is 0 Å². The molecule has 0 fully saturated rings. The van der Waals surface area contributed by atoms with Crippen LogP contribution >= 0.6 is 0 Å². The number of anilines is 1. The van der Waals surface area contributed by atoms with Crippen molar-refractivity contribution in [2.24, 2.45) is 0 Å². The average Bonchev–Trinajstić information content (AvgIpc) is 2.22. The zero-order valence-corrected chi connectivity index (χ0v) is 9.15. The van der Waals surface area contributed by atoms with Gasteiger partial charge in [0.1, 0.15) is 11.4 Å². The molecule has 2 rings (SSSR count). The number of benzene rings is 1. The lowest BCUT2D eigenvalue weighted by Crippen LogP contribution is -2.28. The van der Waals surface area contributed by atoms with Crippen LogP contribution in [-0.4, -0.2) is 17.0 Å². The molecule has 84 valence electrons. The molecule has 3 N–H and O–H groups in total. The molecule has 1 heterocycles. The summed E-state index contributed by atoms with van der Waals surface area (Å²) in [7, 11) is 0. The van der Waals surface area contributed by atoms with E-state index in [1.54, 1.807) is 6.08 Å². The fourth-order valence-corrected chi connectivity index (χ4v) is 1.66. The second-order valence-corrected chi connectivity index (χ2v) is 4.30. The molecule has 1 aromatic carbocycles. The highest BCUT2D eigenvalue weighted by atomic mass is 16.5. The van der Waals surface area contributed by atoms with Crippen LogP contribution < -0.4 is 10.5 Å². The third kappa shape index (κ3) is 1.52. The van der Waals surface area contributed by atoms with E-state index in [0.717, 1.165) is 0 Å². The smallest absolute Gasteiger partial charge is 0.154 e. The highest BCUT2D eigenvalue weighted by Crippen LogP contribution is 2.42. The van der Waals surface area contributed by atoms with Gasteiger partial charge in [0.2, 0.25) is 0 Å². The number of rotatable bonds is 1. The molecule has 0 bridgehead atoms. The number of hydrogen-bond acceptors (Lipinski definition) is 4. The summed E-state index contributed by atoms with van der Waals surface area (Å²) in [6, 6.07) is 1.41. The second-order valence-electron chi connectivity index (χ2n) is 4.30. The number of carbonyl (C=O) groups is 1. The summed E-state index contributed by atoms with van der Waals surface area (Å²) < 4.78 is 5.64. The van der Waals surface area contributed by atoms with Gasteiger partial charge in [-0.15, -0.1) is 0 Å². The lowest BCUT2D eigenvalue weighted by molar-refractivity contribution is 0.112. The van der Waals surface area contributed by atoms with Gasteiger partial charge in [-0.1, -0.05) is 0 Å². The largest absolute Gasteiger partial charge is 0.506 e. The van der Waals surface area contributed by atoms with Crippen molar-refractivity contribution in [1.82, 2.24) is 0 Å². The molecule has 0 saturated heterocycles. The van der Waals surface area contributed by atoms with Crippen LogP contribution in [0.4, 0.5) is 5.69 Å². The van der Waals surface area contributed by atoms with E-state index in [-0.39, 0.29) is 11.3 Å². The van der Waals surface area contributed by atoms with E-state index in [0.29, 0.717) is 23.3 Å². The van der Waals surface area contributed by atoms with E-state index < -0.39 is 5.60 Å². The van der Waals surface area contributed by atoms with E-state index in [1.807, 2.05) is 19.9 Å². The number of phenolic OH excluding ortho intramolecular Hbond substituents is 1. The maximum atomic E-state index is 10.7. The first-order valence-electron chi connectivity index (χ1n) is 4.93. The standard InChI is InChI=1S/C12H13NO3/c1-12(2)4-3-8-10(15)7(6-14)5-9(13)11(8)16-12/h3-6,15H,13H2,1-2H3. The number of fused-ring (bicyclic) bond motifs is 1. The molecule has 4 nitrogen and oxygen atoms in total. The molecule has 0 amide bonds. The van der Waals surface area contributed by atoms with Gasteiger partial charge in [-0.25, -0.2) is 0 Å². The van der Waals surface area contributed by atoms with Gasteiger partial charge in [0.05, 0.1) is 16.8 Å². The molecule has 0 aromatic heterocycles. The normalized spacial score (nSPS) is 16.4. The summed E-state index contributed by atoms with van der Waals surface area (Å²) in [5.74, 6) is 0.335. The third-order valence-electron chi connectivity index (χ3n) is 2.49. The van der Waals surface area contributed by atoms with Crippen LogP contribution in [0.3, 0.4) is 0 Å². The predicted molar refractivity (Wildman–Crippen MR) is 61.6 cm³/mol. The number of nitrogens with two attached hydrogens (primary N) is 1. The van der Waals surface area contributed by atoms with Crippen molar-refractivity contribution in [2.75, 3.05) is 5.73 Å². The van der Waals surface area contributed by atoms with Gasteiger partial charge in [-0.3, -0.25) is 4.79 Å². The van der Waals surface area contributed by atoms with Crippen LogP contribution in [0.25, 0.3) is 6.08 Å². The Labute approximate surface area is 93.3 Å². The number of phenols is 1. The summed E-state index contributed by atoms with van der Waals surface area (Å²) in [6.07, 6.45) is 4.10. The molecule has 1 aromatic rings. The fraction of sp³-hybridized carbons (Fsp3) is 0.250. The molecular weight excluding hydrogens is 206 g/mol. The summed E-state index contributed by atoms with van der Waals surface area (Å²) in [5, 5.41) is 9.81. The van der Waals surface area contributed by atoms with Crippen molar-refractivity contribution in [1.29, 1.82) is 0 Å². The summed E-state index contributed by atoms with van der Waals surface area (Å²) >= 11 is 0. The van der Waals surface area contributed by atoms with Crippen molar-refractivity contribution in [2.45, 2.75) is 19.4 Å².